The Hall–Kier alpha value is -1.26. The van der Waals surface area contributed by atoms with Crippen LogP contribution in [0.3, 0.4) is 0 Å². The number of anilines is 1. The lowest BCUT2D eigenvalue weighted by Gasteiger charge is -2.19. The molecule has 2 rings (SSSR count). The molecule has 1 aliphatic rings. The summed E-state index contributed by atoms with van der Waals surface area (Å²) in [5, 5.41) is 3.00. The first-order valence-corrected chi connectivity index (χ1v) is 6.31. The molecule has 0 heterocycles. The van der Waals surface area contributed by atoms with Gasteiger partial charge in [-0.15, -0.1) is 0 Å². The molecule has 1 nitrogen and oxygen atoms in total. The van der Waals surface area contributed by atoms with Crippen LogP contribution >= 0.6 is 0 Å². The molecule has 1 fully saturated rings. The van der Waals surface area contributed by atoms with Crippen LogP contribution in [0.15, 0.2) is 18.2 Å². The van der Waals surface area contributed by atoms with Gasteiger partial charge in [-0.2, -0.15) is 13.2 Å². The lowest BCUT2D eigenvalue weighted by atomic mass is 9.92. The first-order valence-electron chi connectivity index (χ1n) is 6.31. The summed E-state index contributed by atoms with van der Waals surface area (Å²) in [5.41, 5.74) is -0.599. The molecule has 0 saturated heterocycles. The van der Waals surface area contributed by atoms with Gasteiger partial charge in [0.05, 0.1) is 11.3 Å². The largest absolute Gasteiger partial charge is 0.416 e. The minimum absolute atomic E-state index is 0.126. The molecule has 0 bridgehead atoms. The van der Waals surface area contributed by atoms with Crippen LogP contribution < -0.4 is 5.32 Å². The highest BCUT2D eigenvalue weighted by atomic mass is 19.4. The summed E-state index contributed by atoms with van der Waals surface area (Å²) in [5.74, 6) is -0.848. The number of halogens is 4. The van der Waals surface area contributed by atoms with Crippen molar-refractivity contribution < 1.29 is 17.6 Å². The van der Waals surface area contributed by atoms with Crippen molar-refractivity contribution >= 4 is 5.69 Å². The van der Waals surface area contributed by atoms with Gasteiger partial charge in [0.15, 0.2) is 0 Å². The van der Waals surface area contributed by atoms with E-state index in [2.05, 4.69) is 19.2 Å². The molecule has 1 aromatic rings. The summed E-state index contributed by atoms with van der Waals surface area (Å²) in [4.78, 5) is 0. The van der Waals surface area contributed by atoms with E-state index in [4.69, 9.17) is 0 Å². The van der Waals surface area contributed by atoms with Crippen LogP contribution in [0.5, 0.6) is 0 Å². The van der Waals surface area contributed by atoms with Crippen LogP contribution in [0.1, 0.15) is 38.7 Å². The second kappa shape index (κ2) is 4.69. The minimum Gasteiger partial charge on any atom is -0.380 e. The second-order valence-electron chi connectivity index (χ2n) is 5.94. The topological polar surface area (TPSA) is 12.0 Å². The summed E-state index contributed by atoms with van der Waals surface area (Å²) < 4.78 is 50.9. The Kier molecular flexibility index (Phi) is 3.49. The fourth-order valence-electron chi connectivity index (χ4n) is 2.59. The van der Waals surface area contributed by atoms with Crippen molar-refractivity contribution in [1.29, 1.82) is 0 Å². The van der Waals surface area contributed by atoms with E-state index in [1.54, 1.807) is 0 Å². The smallest absolute Gasteiger partial charge is 0.380 e. The van der Waals surface area contributed by atoms with E-state index in [1.165, 1.54) is 6.07 Å². The fraction of sp³-hybridized carbons (Fsp3) is 0.571. The van der Waals surface area contributed by atoms with Crippen molar-refractivity contribution in [2.45, 2.75) is 45.3 Å². The Balaban J connectivity index is 2.10. The zero-order valence-electron chi connectivity index (χ0n) is 10.9. The number of alkyl halides is 3. The summed E-state index contributed by atoms with van der Waals surface area (Å²) in [7, 11) is 0. The van der Waals surface area contributed by atoms with Gasteiger partial charge in [-0.3, -0.25) is 0 Å². The molecule has 19 heavy (non-hydrogen) atoms. The highest BCUT2D eigenvalue weighted by Gasteiger charge is 2.33. The Morgan fingerprint density at radius 2 is 1.95 bits per heavy atom. The lowest BCUT2D eigenvalue weighted by molar-refractivity contribution is -0.137. The van der Waals surface area contributed by atoms with Crippen molar-refractivity contribution in [1.82, 2.24) is 0 Å². The molecule has 1 unspecified atom stereocenters. The molecule has 5 heteroatoms. The quantitative estimate of drug-likeness (QED) is 0.762. The van der Waals surface area contributed by atoms with E-state index in [0.717, 1.165) is 25.3 Å². The molecular formula is C14H17F4N. The van der Waals surface area contributed by atoms with Gasteiger partial charge < -0.3 is 5.32 Å². The molecule has 0 aromatic heterocycles. The molecule has 106 valence electrons. The standard InChI is InChI=1S/C14H17F4N/c1-13(2)6-5-10(8-13)19-12-4-3-9(7-11(12)15)14(16,17)18/h3-4,7,10,19H,5-6,8H2,1-2H3. The maximum absolute atomic E-state index is 13.7. The van der Waals surface area contributed by atoms with Gasteiger partial charge in [0.25, 0.3) is 0 Å². The maximum atomic E-state index is 13.7. The molecule has 0 aliphatic heterocycles. The van der Waals surface area contributed by atoms with E-state index >= 15 is 0 Å². The average molecular weight is 275 g/mol. The van der Waals surface area contributed by atoms with Crippen molar-refractivity contribution in [2.24, 2.45) is 5.41 Å². The summed E-state index contributed by atoms with van der Waals surface area (Å²) >= 11 is 0. The van der Waals surface area contributed by atoms with E-state index < -0.39 is 17.6 Å². The van der Waals surface area contributed by atoms with Crippen LogP contribution in [0.4, 0.5) is 23.2 Å². The lowest BCUT2D eigenvalue weighted by Crippen LogP contribution is -2.18. The number of nitrogens with one attached hydrogen (secondary N) is 1. The van der Waals surface area contributed by atoms with Crippen molar-refractivity contribution in [3.63, 3.8) is 0 Å². The molecule has 1 saturated carbocycles. The monoisotopic (exact) mass is 275 g/mol. The predicted molar refractivity (Wildman–Crippen MR) is 66.4 cm³/mol. The number of rotatable bonds is 2. The van der Waals surface area contributed by atoms with E-state index in [1.807, 2.05) is 0 Å². The fourth-order valence-corrected chi connectivity index (χ4v) is 2.59. The van der Waals surface area contributed by atoms with Gasteiger partial charge >= 0.3 is 6.18 Å². The zero-order chi connectivity index (χ0) is 14.3. The van der Waals surface area contributed by atoms with E-state index in [-0.39, 0.29) is 17.1 Å². The third-order valence-electron chi connectivity index (χ3n) is 3.62. The number of benzene rings is 1. The van der Waals surface area contributed by atoms with Crippen LogP contribution in [0.25, 0.3) is 0 Å². The van der Waals surface area contributed by atoms with Gasteiger partial charge in [-0.05, 0) is 42.9 Å². The Morgan fingerprint density at radius 3 is 2.42 bits per heavy atom. The number of hydrogen-bond donors (Lipinski definition) is 1. The van der Waals surface area contributed by atoms with Crippen molar-refractivity contribution in [3.05, 3.63) is 29.6 Å². The molecule has 0 spiro atoms. The first kappa shape index (κ1) is 14.2. The van der Waals surface area contributed by atoms with Crippen LogP contribution in [0.2, 0.25) is 0 Å². The average Bonchev–Trinajstić information content (AvgIpc) is 2.59. The van der Waals surface area contributed by atoms with Gasteiger partial charge in [-0.1, -0.05) is 13.8 Å². The van der Waals surface area contributed by atoms with Crippen LogP contribution in [0, 0.1) is 11.2 Å². The third kappa shape index (κ3) is 3.39. The predicted octanol–water partition coefficient (Wildman–Crippen LogP) is 4.84. The Bertz CT molecular complexity index is 465. The highest BCUT2D eigenvalue weighted by molar-refractivity contribution is 5.47. The molecular weight excluding hydrogens is 258 g/mol. The Morgan fingerprint density at radius 1 is 1.26 bits per heavy atom. The molecule has 1 aliphatic carbocycles. The van der Waals surface area contributed by atoms with Gasteiger partial charge in [0.1, 0.15) is 5.82 Å². The van der Waals surface area contributed by atoms with Gasteiger partial charge in [-0.25, -0.2) is 4.39 Å². The van der Waals surface area contributed by atoms with Crippen molar-refractivity contribution in [3.8, 4) is 0 Å². The van der Waals surface area contributed by atoms with Gasteiger partial charge in [0.2, 0.25) is 0 Å². The normalized spacial score (nSPS) is 22.5. The first-order chi connectivity index (χ1) is 8.67. The van der Waals surface area contributed by atoms with Crippen LogP contribution in [-0.4, -0.2) is 6.04 Å². The van der Waals surface area contributed by atoms with Crippen molar-refractivity contribution in [2.75, 3.05) is 5.32 Å². The van der Waals surface area contributed by atoms with Gasteiger partial charge in [0, 0.05) is 6.04 Å². The second-order valence-corrected chi connectivity index (χ2v) is 5.94. The summed E-state index contributed by atoms with van der Waals surface area (Å²) in [6.07, 6.45) is -1.66. The summed E-state index contributed by atoms with van der Waals surface area (Å²) in [6.45, 7) is 4.27. The SMILES string of the molecule is CC1(C)CCC(Nc2ccc(C(F)(F)F)cc2F)C1. The zero-order valence-corrected chi connectivity index (χ0v) is 10.9. The molecule has 1 aromatic carbocycles. The Labute approximate surface area is 110 Å². The number of hydrogen-bond acceptors (Lipinski definition) is 1. The third-order valence-corrected chi connectivity index (χ3v) is 3.62. The minimum atomic E-state index is -4.51. The molecule has 1 N–H and O–H groups in total. The molecule has 0 amide bonds. The van der Waals surface area contributed by atoms with Crippen LogP contribution in [-0.2, 0) is 6.18 Å². The van der Waals surface area contributed by atoms with E-state index in [0.29, 0.717) is 6.07 Å². The highest BCUT2D eigenvalue weighted by Crippen LogP contribution is 2.39. The molecule has 0 radical (unpaired) electrons. The maximum Gasteiger partial charge on any atom is 0.416 e. The molecule has 1 atom stereocenters. The summed E-state index contributed by atoms with van der Waals surface area (Å²) in [6, 6.07) is 2.75. The van der Waals surface area contributed by atoms with E-state index in [9.17, 15) is 17.6 Å².